The molecule has 0 aliphatic heterocycles. The number of hydrogen-bond donors (Lipinski definition) is 1. The molecule has 0 saturated heterocycles. The highest BCUT2D eigenvalue weighted by molar-refractivity contribution is 7.99. The first kappa shape index (κ1) is 10.5. The Labute approximate surface area is 83.9 Å². The summed E-state index contributed by atoms with van der Waals surface area (Å²) in [6, 6.07) is 4.22. The molecule has 2 atom stereocenters. The fourth-order valence-electron chi connectivity index (χ4n) is 1.28. The van der Waals surface area contributed by atoms with Gasteiger partial charge in [0.1, 0.15) is 0 Å². The number of thioether (sulfide) groups is 1. The van der Waals surface area contributed by atoms with Crippen molar-refractivity contribution in [3.8, 4) is 0 Å². The number of nitrogens with two attached hydrogens (primary N) is 1. The zero-order chi connectivity index (χ0) is 9.68. The van der Waals surface area contributed by atoms with Gasteiger partial charge in [-0.1, -0.05) is 13.0 Å². The molecule has 1 rings (SSSR count). The minimum Gasteiger partial charge on any atom is -0.327 e. The quantitative estimate of drug-likeness (QED) is 0.802. The molecular formula is C10H16N2S. The lowest BCUT2D eigenvalue weighted by Gasteiger charge is -2.19. The van der Waals surface area contributed by atoms with Crippen LogP contribution in [-0.2, 0) is 0 Å². The Balaban J connectivity index is 2.76. The molecule has 0 bridgehead atoms. The Hall–Kier alpha value is -0.540. The van der Waals surface area contributed by atoms with Crippen molar-refractivity contribution >= 4 is 11.8 Å². The van der Waals surface area contributed by atoms with Crippen LogP contribution in [0.15, 0.2) is 24.5 Å². The van der Waals surface area contributed by atoms with Gasteiger partial charge >= 0.3 is 0 Å². The van der Waals surface area contributed by atoms with E-state index in [1.54, 1.807) is 6.20 Å². The number of rotatable bonds is 4. The second kappa shape index (κ2) is 5.25. The zero-order valence-electron chi connectivity index (χ0n) is 8.10. The van der Waals surface area contributed by atoms with Crippen LogP contribution in [0.3, 0.4) is 0 Å². The summed E-state index contributed by atoms with van der Waals surface area (Å²) in [5.74, 6) is 1.08. The smallest absolute Gasteiger partial charge is 0.0460 e. The van der Waals surface area contributed by atoms with Crippen LogP contribution in [0.1, 0.15) is 24.7 Å². The summed E-state index contributed by atoms with van der Waals surface area (Å²) >= 11 is 1.87. The Kier molecular flexibility index (Phi) is 4.25. The first-order valence-electron chi connectivity index (χ1n) is 4.52. The van der Waals surface area contributed by atoms with E-state index in [1.807, 2.05) is 30.9 Å². The van der Waals surface area contributed by atoms with Gasteiger partial charge in [0.05, 0.1) is 0 Å². The van der Waals surface area contributed by atoms with Crippen LogP contribution < -0.4 is 5.73 Å². The van der Waals surface area contributed by atoms with Crippen LogP contribution in [-0.4, -0.2) is 16.8 Å². The van der Waals surface area contributed by atoms with Crippen molar-refractivity contribution in [1.29, 1.82) is 0 Å². The van der Waals surface area contributed by atoms with Gasteiger partial charge in [-0.3, -0.25) is 4.98 Å². The van der Waals surface area contributed by atoms with Gasteiger partial charge in [-0.25, -0.2) is 0 Å². The highest BCUT2D eigenvalue weighted by Crippen LogP contribution is 2.30. The fourth-order valence-corrected chi connectivity index (χ4v) is 2.27. The molecule has 0 aromatic carbocycles. The molecule has 0 aliphatic rings. The van der Waals surface area contributed by atoms with Gasteiger partial charge < -0.3 is 5.73 Å². The topological polar surface area (TPSA) is 38.9 Å². The lowest BCUT2D eigenvalue weighted by molar-refractivity contribution is 0.719. The molecule has 0 radical (unpaired) electrons. The van der Waals surface area contributed by atoms with Crippen LogP contribution in [0.4, 0.5) is 0 Å². The molecule has 0 aliphatic carbocycles. The maximum atomic E-state index is 5.91. The molecule has 2 nitrogen and oxygen atoms in total. The molecule has 2 N–H and O–H groups in total. The van der Waals surface area contributed by atoms with Gasteiger partial charge in [-0.2, -0.15) is 11.8 Å². The average molecular weight is 196 g/mol. The Morgan fingerprint density at radius 2 is 2.38 bits per heavy atom. The predicted molar refractivity (Wildman–Crippen MR) is 58.8 cm³/mol. The lowest BCUT2D eigenvalue weighted by Crippen LogP contribution is -2.22. The maximum Gasteiger partial charge on any atom is 0.0460 e. The molecule has 72 valence electrons. The third-order valence-electron chi connectivity index (χ3n) is 1.84. The Morgan fingerprint density at radius 1 is 1.62 bits per heavy atom. The highest BCUT2D eigenvalue weighted by Gasteiger charge is 2.15. The number of nitrogens with zero attached hydrogens (tertiary/aromatic N) is 1. The summed E-state index contributed by atoms with van der Waals surface area (Å²) in [7, 11) is 0. The summed E-state index contributed by atoms with van der Waals surface area (Å²) in [6.07, 6.45) is 3.69. The van der Waals surface area contributed by atoms with E-state index < -0.39 is 0 Å². The molecule has 1 aromatic rings. The van der Waals surface area contributed by atoms with E-state index in [0.29, 0.717) is 5.25 Å². The summed E-state index contributed by atoms with van der Waals surface area (Å²) in [6.45, 7) is 4.19. The first-order valence-corrected chi connectivity index (χ1v) is 5.57. The Bertz CT molecular complexity index is 236. The molecule has 0 spiro atoms. The van der Waals surface area contributed by atoms with Gasteiger partial charge in [0.2, 0.25) is 0 Å². The summed E-state index contributed by atoms with van der Waals surface area (Å²) in [5, 5.41) is 0.374. The summed E-state index contributed by atoms with van der Waals surface area (Å²) < 4.78 is 0. The van der Waals surface area contributed by atoms with Crippen molar-refractivity contribution in [2.45, 2.75) is 25.1 Å². The van der Waals surface area contributed by atoms with E-state index in [0.717, 1.165) is 5.75 Å². The van der Waals surface area contributed by atoms with Crippen molar-refractivity contribution in [3.05, 3.63) is 30.1 Å². The second-order valence-electron chi connectivity index (χ2n) is 3.02. The number of hydrogen-bond acceptors (Lipinski definition) is 3. The predicted octanol–water partition coefficient (Wildman–Crippen LogP) is 2.22. The van der Waals surface area contributed by atoms with E-state index in [-0.39, 0.29) is 6.04 Å². The Morgan fingerprint density at radius 3 is 2.85 bits per heavy atom. The molecular weight excluding hydrogens is 180 g/mol. The minimum absolute atomic E-state index is 0.175. The van der Waals surface area contributed by atoms with Crippen molar-refractivity contribution in [2.24, 2.45) is 5.73 Å². The van der Waals surface area contributed by atoms with Crippen LogP contribution in [0, 0.1) is 0 Å². The third kappa shape index (κ3) is 3.01. The molecule has 2 unspecified atom stereocenters. The van der Waals surface area contributed by atoms with Gasteiger partial charge in [-0.05, 0) is 24.3 Å². The molecule has 0 saturated carbocycles. The van der Waals surface area contributed by atoms with Crippen LogP contribution in [0.5, 0.6) is 0 Å². The molecule has 0 fully saturated rings. The largest absolute Gasteiger partial charge is 0.327 e. The summed E-state index contributed by atoms with van der Waals surface area (Å²) in [4.78, 5) is 4.10. The third-order valence-corrected chi connectivity index (χ3v) is 3.23. The molecule has 13 heavy (non-hydrogen) atoms. The van der Waals surface area contributed by atoms with E-state index >= 15 is 0 Å². The molecule has 1 aromatic heterocycles. The lowest BCUT2D eigenvalue weighted by atomic mass is 10.1. The summed E-state index contributed by atoms with van der Waals surface area (Å²) in [5.41, 5.74) is 7.13. The molecule has 1 heterocycles. The zero-order valence-corrected chi connectivity index (χ0v) is 8.92. The van der Waals surface area contributed by atoms with Gasteiger partial charge in [-0.15, -0.1) is 0 Å². The molecule has 0 amide bonds. The van der Waals surface area contributed by atoms with Gasteiger partial charge in [0, 0.05) is 23.7 Å². The van der Waals surface area contributed by atoms with Gasteiger partial charge in [0.15, 0.2) is 0 Å². The highest BCUT2D eigenvalue weighted by atomic mass is 32.2. The monoisotopic (exact) mass is 196 g/mol. The van der Waals surface area contributed by atoms with Crippen molar-refractivity contribution < 1.29 is 0 Å². The van der Waals surface area contributed by atoms with Crippen LogP contribution >= 0.6 is 11.8 Å². The van der Waals surface area contributed by atoms with Crippen LogP contribution in [0.25, 0.3) is 0 Å². The average Bonchev–Trinajstić information content (AvgIpc) is 2.15. The maximum absolute atomic E-state index is 5.91. The number of pyridine rings is 1. The minimum atomic E-state index is 0.175. The standard InChI is InChI=1S/C10H16N2S/c1-3-13-10(8(2)11)9-5-4-6-12-7-9/h4-8,10H,3,11H2,1-2H3. The van der Waals surface area contributed by atoms with Crippen molar-refractivity contribution in [1.82, 2.24) is 4.98 Å². The molecule has 3 heteroatoms. The van der Waals surface area contributed by atoms with E-state index in [2.05, 4.69) is 18.0 Å². The van der Waals surface area contributed by atoms with E-state index in [4.69, 9.17) is 5.73 Å². The van der Waals surface area contributed by atoms with E-state index in [1.165, 1.54) is 5.56 Å². The van der Waals surface area contributed by atoms with E-state index in [9.17, 15) is 0 Å². The fraction of sp³-hybridized carbons (Fsp3) is 0.500. The van der Waals surface area contributed by atoms with Crippen molar-refractivity contribution in [3.63, 3.8) is 0 Å². The van der Waals surface area contributed by atoms with Gasteiger partial charge in [0.25, 0.3) is 0 Å². The first-order chi connectivity index (χ1) is 6.25. The SMILES string of the molecule is CCSC(c1cccnc1)C(C)N. The van der Waals surface area contributed by atoms with Crippen molar-refractivity contribution in [2.75, 3.05) is 5.75 Å². The normalized spacial score (nSPS) is 15.3. The second-order valence-corrected chi connectivity index (χ2v) is 4.44. The van der Waals surface area contributed by atoms with Crippen LogP contribution in [0.2, 0.25) is 0 Å². The number of aromatic nitrogens is 1.